The maximum absolute atomic E-state index is 3.66. The molecule has 2 aromatic carbocycles. The molecule has 78 valence electrons. The summed E-state index contributed by atoms with van der Waals surface area (Å²) in [6, 6.07) is 15.0. The topological polar surface area (TPSA) is 12.0 Å². The smallest absolute Gasteiger partial charge is 0.144 e. The van der Waals surface area contributed by atoms with Crippen LogP contribution in [-0.2, 0) is 0 Å². The van der Waals surface area contributed by atoms with E-state index in [0.29, 0.717) is 0 Å². The van der Waals surface area contributed by atoms with Gasteiger partial charge in [-0.25, -0.2) is 0 Å². The molecule has 0 radical (unpaired) electrons. The summed E-state index contributed by atoms with van der Waals surface area (Å²) in [6.07, 6.45) is 0. The normalized spacial score (nSPS) is 11.7. The number of anilines is 1. The van der Waals surface area contributed by atoms with Crippen LogP contribution in [0.15, 0.2) is 42.5 Å². The number of benzene rings is 2. The highest BCUT2D eigenvalue weighted by Gasteiger charge is 2.13. The van der Waals surface area contributed by atoms with Crippen LogP contribution in [0.5, 0.6) is 0 Å². The predicted molar refractivity (Wildman–Crippen MR) is 70.9 cm³/mol. The number of hydrogen-bond acceptors (Lipinski definition) is 1. The van der Waals surface area contributed by atoms with Gasteiger partial charge in [0, 0.05) is 11.1 Å². The first-order valence-corrected chi connectivity index (χ1v) is 8.82. The molecule has 1 nitrogen and oxygen atoms in total. The number of rotatable bonds is 2. The van der Waals surface area contributed by atoms with E-state index >= 15 is 0 Å². The third-order valence-electron chi connectivity index (χ3n) is 2.30. The second kappa shape index (κ2) is 3.70. The van der Waals surface area contributed by atoms with Crippen LogP contribution in [0.2, 0.25) is 19.6 Å². The Morgan fingerprint density at radius 3 is 2.27 bits per heavy atom. The van der Waals surface area contributed by atoms with Crippen molar-refractivity contribution in [3.8, 4) is 0 Å². The first kappa shape index (κ1) is 10.2. The molecule has 2 aromatic rings. The Morgan fingerprint density at radius 1 is 0.867 bits per heavy atom. The van der Waals surface area contributed by atoms with Crippen LogP contribution in [-0.4, -0.2) is 8.24 Å². The SMILES string of the molecule is C[Si](C)(C)Nc1cccc2ccccc12. The third-order valence-corrected chi connectivity index (χ3v) is 3.32. The van der Waals surface area contributed by atoms with Crippen molar-refractivity contribution in [2.45, 2.75) is 19.6 Å². The van der Waals surface area contributed by atoms with Gasteiger partial charge in [-0.05, 0) is 11.5 Å². The van der Waals surface area contributed by atoms with Crippen molar-refractivity contribution < 1.29 is 0 Å². The zero-order valence-electron chi connectivity index (χ0n) is 9.54. The molecule has 0 fully saturated rings. The second-order valence-corrected chi connectivity index (χ2v) is 9.65. The molecule has 0 amide bonds. The average Bonchev–Trinajstić information content (AvgIpc) is 2.16. The van der Waals surface area contributed by atoms with Gasteiger partial charge in [0.25, 0.3) is 0 Å². The first-order valence-electron chi connectivity index (χ1n) is 5.32. The zero-order valence-corrected chi connectivity index (χ0v) is 10.5. The lowest BCUT2D eigenvalue weighted by atomic mass is 10.1. The minimum atomic E-state index is -1.27. The molecule has 1 N–H and O–H groups in total. The Hall–Kier alpha value is -1.28. The maximum atomic E-state index is 3.66. The highest BCUT2D eigenvalue weighted by atomic mass is 28.3. The summed E-state index contributed by atoms with van der Waals surface area (Å²) in [4.78, 5) is 3.66. The molecule has 0 unspecified atom stereocenters. The van der Waals surface area contributed by atoms with Gasteiger partial charge < -0.3 is 4.98 Å². The molecule has 0 atom stereocenters. The second-order valence-electron chi connectivity index (χ2n) is 4.90. The fraction of sp³-hybridized carbons (Fsp3) is 0.231. The molecule has 0 aliphatic heterocycles. The first-order chi connectivity index (χ1) is 7.06. The van der Waals surface area contributed by atoms with Crippen LogP contribution < -0.4 is 4.98 Å². The highest BCUT2D eigenvalue weighted by molar-refractivity contribution is 6.79. The molecular weight excluding hydrogens is 198 g/mol. The van der Waals surface area contributed by atoms with Gasteiger partial charge in [-0.1, -0.05) is 56.0 Å². The molecule has 0 saturated heterocycles. The molecule has 0 saturated carbocycles. The van der Waals surface area contributed by atoms with Crippen molar-refractivity contribution in [3.63, 3.8) is 0 Å². The van der Waals surface area contributed by atoms with Crippen molar-refractivity contribution in [1.82, 2.24) is 0 Å². The van der Waals surface area contributed by atoms with Gasteiger partial charge in [0.05, 0.1) is 0 Å². The Bertz CT molecular complexity index is 466. The zero-order chi connectivity index (χ0) is 10.9. The summed E-state index contributed by atoms with van der Waals surface area (Å²) < 4.78 is 0. The minimum Gasteiger partial charge on any atom is -0.410 e. The maximum Gasteiger partial charge on any atom is 0.144 e. The lowest BCUT2D eigenvalue weighted by molar-refractivity contribution is 1.60. The van der Waals surface area contributed by atoms with E-state index in [4.69, 9.17) is 0 Å². The Labute approximate surface area is 92.2 Å². The van der Waals surface area contributed by atoms with Gasteiger partial charge in [0.15, 0.2) is 0 Å². The van der Waals surface area contributed by atoms with E-state index in [-0.39, 0.29) is 0 Å². The fourth-order valence-electron chi connectivity index (χ4n) is 1.74. The molecule has 2 heteroatoms. The van der Waals surface area contributed by atoms with Gasteiger partial charge in [0.1, 0.15) is 8.24 Å². The van der Waals surface area contributed by atoms with Crippen LogP contribution in [0.4, 0.5) is 5.69 Å². The standard InChI is InChI=1S/C13H17NSi/c1-15(2,3)14-13-10-6-8-11-7-4-5-9-12(11)13/h4-10,14H,1-3H3. The third kappa shape index (κ3) is 2.39. The van der Waals surface area contributed by atoms with Gasteiger partial charge in [-0.2, -0.15) is 0 Å². The molecule has 0 bridgehead atoms. The van der Waals surface area contributed by atoms with Gasteiger partial charge >= 0.3 is 0 Å². The Morgan fingerprint density at radius 2 is 1.53 bits per heavy atom. The Balaban J connectivity index is 2.52. The van der Waals surface area contributed by atoms with E-state index in [1.807, 2.05) is 0 Å². The lowest BCUT2D eigenvalue weighted by Gasteiger charge is -2.21. The molecule has 0 spiro atoms. The van der Waals surface area contributed by atoms with E-state index in [0.717, 1.165) is 0 Å². The van der Waals surface area contributed by atoms with Crippen LogP contribution in [0, 0.1) is 0 Å². The highest BCUT2D eigenvalue weighted by Crippen LogP contribution is 2.24. The van der Waals surface area contributed by atoms with Crippen molar-refractivity contribution in [3.05, 3.63) is 42.5 Å². The Kier molecular flexibility index (Phi) is 2.53. The van der Waals surface area contributed by atoms with Crippen LogP contribution in [0.25, 0.3) is 10.8 Å². The van der Waals surface area contributed by atoms with Crippen molar-refractivity contribution >= 4 is 24.7 Å². The quantitative estimate of drug-likeness (QED) is 0.744. The van der Waals surface area contributed by atoms with E-state index in [1.165, 1.54) is 16.5 Å². The molecule has 0 heterocycles. The number of nitrogens with one attached hydrogen (secondary N) is 1. The van der Waals surface area contributed by atoms with Crippen LogP contribution in [0.1, 0.15) is 0 Å². The van der Waals surface area contributed by atoms with E-state index < -0.39 is 8.24 Å². The summed E-state index contributed by atoms with van der Waals surface area (Å²) in [5, 5.41) is 2.63. The molecule has 2 rings (SSSR count). The minimum absolute atomic E-state index is 1.27. The summed E-state index contributed by atoms with van der Waals surface area (Å²) in [5.41, 5.74) is 1.27. The van der Waals surface area contributed by atoms with Gasteiger partial charge in [-0.3, -0.25) is 0 Å². The predicted octanol–water partition coefficient (Wildman–Crippen LogP) is 4.09. The summed E-state index contributed by atoms with van der Waals surface area (Å²) >= 11 is 0. The van der Waals surface area contributed by atoms with E-state index in [9.17, 15) is 0 Å². The fourth-order valence-corrected chi connectivity index (χ4v) is 2.76. The molecule has 0 aliphatic rings. The van der Waals surface area contributed by atoms with Crippen LogP contribution in [0.3, 0.4) is 0 Å². The number of hydrogen-bond donors (Lipinski definition) is 1. The summed E-state index contributed by atoms with van der Waals surface area (Å²) in [7, 11) is -1.27. The molecule has 15 heavy (non-hydrogen) atoms. The van der Waals surface area contributed by atoms with E-state index in [1.54, 1.807) is 0 Å². The van der Waals surface area contributed by atoms with Gasteiger partial charge in [0.2, 0.25) is 0 Å². The molecule has 0 aromatic heterocycles. The lowest BCUT2D eigenvalue weighted by Crippen LogP contribution is -2.32. The van der Waals surface area contributed by atoms with Gasteiger partial charge in [-0.15, -0.1) is 0 Å². The largest absolute Gasteiger partial charge is 0.410 e. The van der Waals surface area contributed by atoms with Crippen molar-refractivity contribution in [2.24, 2.45) is 0 Å². The van der Waals surface area contributed by atoms with E-state index in [2.05, 4.69) is 67.1 Å². The van der Waals surface area contributed by atoms with Crippen LogP contribution >= 0.6 is 0 Å². The summed E-state index contributed by atoms with van der Waals surface area (Å²) in [5.74, 6) is 0. The van der Waals surface area contributed by atoms with Crippen molar-refractivity contribution in [1.29, 1.82) is 0 Å². The average molecular weight is 215 g/mol. The molecular formula is C13H17NSi. The molecule has 0 aliphatic carbocycles. The van der Waals surface area contributed by atoms with Crippen molar-refractivity contribution in [2.75, 3.05) is 4.98 Å². The summed E-state index contributed by atoms with van der Waals surface area (Å²) in [6.45, 7) is 6.94. The number of fused-ring (bicyclic) bond motifs is 1. The monoisotopic (exact) mass is 215 g/mol.